The van der Waals surface area contributed by atoms with E-state index in [1.807, 2.05) is 0 Å². The number of rotatable bonds is 1. The summed E-state index contributed by atoms with van der Waals surface area (Å²) in [6, 6.07) is 4.92. The summed E-state index contributed by atoms with van der Waals surface area (Å²) in [4.78, 5) is 10.6. The van der Waals surface area contributed by atoms with E-state index in [9.17, 15) is 9.90 Å². The fourth-order valence-corrected chi connectivity index (χ4v) is 1.79. The van der Waals surface area contributed by atoms with Crippen molar-refractivity contribution in [3.63, 3.8) is 0 Å². The number of hydrogen-bond acceptors (Lipinski definition) is 2. The molecule has 1 aromatic carbocycles. The van der Waals surface area contributed by atoms with Crippen LogP contribution in [0, 0.1) is 0 Å². The Bertz CT molecular complexity index is 407. The van der Waals surface area contributed by atoms with Crippen molar-refractivity contribution in [1.29, 1.82) is 0 Å². The van der Waals surface area contributed by atoms with Gasteiger partial charge in [-0.15, -0.1) is 0 Å². The summed E-state index contributed by atoms with van der Waals surface area (Å²) in [6.07, 6.45) is 1.28. The van der Waals surface area contributed by atoms with E-state index >= 15 is 0 Å². The third kappa shape index (κ3) is 1.23. The van der Waals surface area contributed by atoms with E-state index in [4.69, 9.17) is 11.6 Å². The molecule has 0 amide bonds. The lowest BCUT2D eigenvalue weighted by molar-refractivity contribution is -0.104. The molecule has 1 aliphatic rings. The van der Waals surface area contributed by atoms with Crippen molar-refractivity contribution >= 4 is 22.9 Å². The van der Waals surface area contributed by atoms with Gasteiger partial charge in [0.2, 0.25) is 0 Å². The molecule has 1 aliphatic carbocycles. The van der Waals surface area contributed by atoms with E-state index in [-0.39, 0.29) is 5.75 Å². The van der Waals surface area contributed by atoms with Gasteiger partial charge in [-0.1, -0.05) is 11.6 Å². The number of carbonyl (C=O) groups excluding carboxylic acids is 1. The van der Waals surface area contributed by atoms with Crippen molar-refractivity contribution < 1.29 is 9.90 Å². The van der Waals surface area contributed by atoms with Crippen molar-refractivity contribution in [2.75, 3.05) is 0 Å². The van der Waals surface area contributed by atoms with Gasteiger partial charge in [-0.3, -0.25) is 4.79 Å². The van der Waals surface area contributed by atoms with Crippen LogP contribution in [0.2, 0.25) is 0 Å². The van der Waals surface area contributed by atoms with Crippen molar-refractivity contribution in [1.82, 2.24) is 0 Å². The number of phenols is 1. The number of fused-ring (bicyclic) bond motifs is 1. The van der Waals surface area contributed by atoms with Gasteiger partial charge in [0, 0.05) is 12.0 Å². The van der Waals surface area contributed by atoms with Crippen LogP contribution in [0.15, 0.2) is 23.8 Å². The average Bonchev–Trinajstić information content (AvgIpc) is 2.42. The summed E-state index contributed by atoms with van der Waals surface area (Å²) in [5, 5.41) is 9.70. The van der Waals surface area contributed by atoms with E-state index in [2.05, 4.69) is 0 Å². The minimum atomic E-state index is 0.204. The van der Waals surface area contributed by atoms with Gasteiger partial charge in [0.25, 0.3) is 0 Å². The fourth-order valence-electron chi connectivity index (χ4n) is 1.49. The highest BCUT2D eigenvalue weighted by atomic mass is 35.5. The van der Waals surface area contributed by atoms with Gasteiger partial charge in [-0.05, 0) is 29.3 Å². The summed E-state index contributed by atoms with van der Waals surface area (Å²) < 4.78 is 0. The van der Waals surface area contributed by atoms with Gasteiger partial charge < -0.3 is 5.11 Å². The van der Waals surface area contributed by atoms with E-state index in [1.165, 1.54) is 0 Å². The van der Waals surface area contributed by atoms with E-state index in [0.29, 0.717) is 17.0 Å². The molecule has 0 unspecified atom stereocenters. The zero-order valence-corrected chi connectivity index (χ0v) is 7.51. The van der Waals surface area contributed by atoms with Crippen LogP contribution < -0.4 is 0 Å². The molecule has 1 aromatic rings. The molecule has 0 fully saturated rings. The predicted octanol–water partition coefficient (Wildman–Crippen LogP) is 2.10. The van der Waals surface area contributed by atoms with Crippen molar-refractivity contribution in [3.05, 3.63) is 34.9 Å². The smallest absolute Gasteiger partial charge is 0.147 e. The minimum absolute atomic E-state index is 0.204. The van der Waals surface area contributed by atoms with Crippen LogP contribution in [-0.2, 0) is 11.2 Å². The second-order valence-corrected chi connectivity index (χ2v) is 3.35. The Morgan fingerprint density at radius 2 is 2.23 bits per heavy atom. The molecule has 0 aromatic heterocycles. The molecule has 0 saturated heterocycles. The second-order valence-electron chi connectivity index (χ2n) is 2.98. The zero-order chi connectivity index (χ0) is 9.42. The molecule has 2 rings (SSSR count). The van der Waals surface area contributed by atoms with Gasteiger partial charge in [0.1, 0.15) is 12.0 Å². The largest absolute Gasteiger partial charge is 0.508 e. The molecule has 0 saturated carbocycles. The number of allylic oxidation sites excluding steroid dienone is 1. The Hall–Kier alpha value is -1.28. The number of aldehydes is 1. The Morgan fingerprint density at radius 3 is 2.92 bits per heavy atom. The summed E-state index contributed by atoms with van der Waals surface area (Å²) in [7, 11) is 0. The van der Waals surface area contributed by atoms with Crippen LogP contribution >= 0.6 is 11.6 Å². The third-order valence-corrected chi connectivity index (χ3v) is 2.58. The lowest BCUT2D eigenvalue weighted by atomic mass is 10.1. The number of phenolic OH excluding ortho intramolecular Hbond substituents is 1. The van der Waals surface area contributed by atoms with Gasteiger partial charge in [0.15, 0.2) is 0 Å². The lowest BCUT2D eigenvalue weighted by Gasteiger charge is -1.99. The maximum absolute atomic E-state index is 10.6. The van der Waals surface area contributed by atoms with Crippen LogP contribution in [0.1, 0.15) is 11.1 Å². The Morgan fingerprint density at radius 1 is 1.46 bits per heavy atom. The van der Waals surface area contributed by atoms with Crippen LogP contribution in [0.5, 0.6) is 5.75 Å². The first kappa shape index (κ1) is 8.32. The number of benzene rings is 1. The van der Waals surface area contributed by atoms with Gasteiger partial charge in [-0.2, -0.15) is 0 Å². The monoisotopic (exact) mass is 194 g/mol. The summed E-state index contributed by atoms with van der Waals surface area (Å²) in [5.74, 6) is 0.204. The quantitative estimate of drug-likeness (QED) is 0.696. The molecule has 3 heteroatoms. The molecule has 0 spiro atoms. The van der Waals surface area contributed by atoms with E-state index in [1.54, 1.807) is 18.2 Å². The molecule has 0 bridgehead atoms. The molecule has 0 radical (unpaired) electrons. The van der Waals surface area contributed by atoms with Gasteiger partial charge >= 0.3 is 0 Å². The maximum atomic E-state index is 10.6. The SMILES string of the molecule is O=CC1=C(Cl)c2ccc(O)cc2C1. The molecule has 0 aliphatic heterocycles. The first-order valence-electron chi connectivity index (χ1n) is 3.88. The molecule has 0 atom stereocenters. The molecule has 1 N–H and O–H groups in total. The molecular weight excluding hydrogens is 188 g/mol. The van der Waals surface area contributed by atoms with E-state index < -0.39 is 0 Å². The van der Waals surface area contributed by atoms with Crippen molar-refractivity contribution in [3.8, 4) is 5.75 Å². The van der Waals surface area contributed by atoms with Crippen LogP contribution in [0.25, 0.3) is 5.03 Å². The average molecular weight is 195 g/mol. The predicted molar refractivity (Wildman–Crippen MR) is 50.6 cm³/mol. The number of carbonyl (C=O) groups is 1. The molecule has 2 nitrogen and oxygen atoms in total. The maximum Gasteiger partial charge on any atom is 0.147 e. The molecule has 66 valence electrons. The Kier molecular flexibility index (Phi) is 1.85. The van der Waals surface area contributed by atoms with Crippen molar-refractivity contribution in [2.24, 2.45) is 0 Å². The van der Waals surface area contributed by atoms with Crippen molar-refractivity contribution in [2.45, 2.75) is 6.42 Å². The van der Waals surface area contributed by atoms with Crippen LogP contribution in [0.3, 0.4) is 0 Å². The third-order valence-electron chi connectivity index (χ3n) is 2.13. The standard InChI is InChI=1S/C10H7ClO2/c11-10-7(5-12)3-6-4-8(13)1-2-9(6)10/h1-2,4-5,13H,3H2. The number of aromatic hydroxyl groups is 1. The van der Waals surface area contributed by atoms with Gasteiger partial charge in [-0.25, -0.2) is 0 Å². The highest BCUT2D eigenvalue weighted by Gasteiger charge is 2.19. The van der Waals surface area contributed by atoms with Gasteiger partial charge in [0.05, 0.1) is 5.03 Å². The first-order chi connectivity index (χ1) is 6.22. The highest BCUT2D eigenvalue weighted by molar-refractivity contribution is 6.51. The van der Waals surface area contributed by atoms with Crippen LogP contribution in [0.4, 0.5) is 0 Å². The van der Waals surface area contributed by atoms with Crippen LogP contribution in [-0.4, -0.2) is 11.4 Å². The van der Waals surface area contributed by atoms with E-state index in [0.717, 1.165) is 17.4 Å². The summed E-state index contributed by atoms with van der Waals surface area (Å²) in [5.41, 5.74) is 2.34. The summed E-state index contributed by atoms with van der Waals surface area (Å²) in [6.45, 7) is 0. The normalized spacial score (nSPS) is 14.5. The number of hydrogen-bond donors (Lipinski definition) is 1. The summed E-state index contributed by atoms with van der Waals surface area (Å²) >= 11 is 5.93. The Balaban J connectivity index is 2.55. The first-order valence-corrected chi connectivity index (χ1v) is 4.26. The molecular formula is C10H7ClO2. The fraction of sp³-hybridized carbons (Fsp3) is 0.100. The minimum Gasteiger partial charge on any atom is -0.508 e. The topological polar surface area (TPSA) is 37.3 Å². The Labute approximate surface area is 80.5 Å². The molecule has 0 heterocycles. The molecule has 13 heavy (non-hydrogen) atoms. The second kappa shape index (κ2) is 2.89. The highest BCUT2D eigenvalue weighted by Crippen LogP contribution is 2.36. The lowest BCUT2D eigenvalue weighted by Crippen LogP contribution is -1.84. The number of halogens is 1. The zero-order valence-electron chi connectivity index (χ0n) is 6.75.